The summed E-state index contributed by atoms with van der Waals surface area (Å²) in [6, 6.07) is 89.1. The second kappa shape index (κ2) is 14.5. The zero-order valence-corrected chi connectivity index (χ0v) is 35.9. The van der Waals surface area contributed by atoms with Gasteiger partial charge in [-0.05, 0) is 74.8 Å². The Balaban J connectivity index is 1.03. The summed E-state index contributed by atoms with van der Waals surface area (Å²) in [5, 5.41) is 12.6. The number of benzene rings is 10. The lowest BCUT2D eigenvalue weighted by Gasteiger charge is -2.34. The van der Waals surface area contributed by atoms with E-state index < -0.39 is 8.07 Å². The third-order valence-electron chi connectivity index (χ3n) is 13.5. The Morgan fingerprint density at radius 1 is 0.297 bits per heavy atom. The van der Waals surface area contributed by atoms with Crippen LogP contribution in [0.2, 0.25) is 0 Å². The molecule has 0 fully saturated rings. The highest BCUT2D eigenvalue weighted by molar-refractivity contribution is 7.19. The maximum Gasteiger partial charge on any atom is 0.179 e. The summed E-state index contributed by atoms with van der Waals surface area (Å²) in [6.07, 6.45) is 0. The van der Waals surface area contributed by atoms with Crippen molar-refractivity contribution in [1.82, 2.24) is 9.13 Å². The minimum Gasteiger partial charge on any atom is -0.455 e. The topological polar surface area (TPSA) is 23.0 Å². The molecule has 0 unspecified atom stereocenters. The molecule has 13 rings (SSSR count). The van der Waals surface area contributed by atoms with Gasteiger partial charge in [-0.2, -0.15) is 0 Å². The van der Waals surface area contributed by atoms with Crippen LogP contribution in [0.3, 0.4) is 0 Å². The molecule has 64 heavy (non-hydrogen) atoms. The molecule has 300 valence electrons. The molecule has 10 aromatic carbocycles. The molecule has 0 radical (unpaired) electrons. The summed E-state index contributed by atoms with van der Waals surface area (Å²) < 4.78 is 11.6. The van der Waals surface area contributed by atoms with Crippen LogP contribution in [0.1, 0.15) is 0 Å². The Morgan fingerprint density at radius 2 is 0.750 bits per heavy atom. The van der Waals surface area contributed by atoms with Crippen LogP contribution in [0, 0.1) is 0 Å². The lowest BCUT2D eigenvalue weighted by Crippen LogP contribution is -2.74. The summed E-state index contributed by atoms with van der Waals surface area (Å²) in [6.45, 7) is 0. The van der Waals surface area contributed by atoms with E-state index in [1.165, 1.54) is 58.8 Å². The van der Waals surface area contributed by atoms with Crippen molar-refractivity contribution >= 4 is 94.4 Å². The van der Waals surface area contributed by atoms with Crippen molar-refractivity contribution in [2.24, 2.45) is 0 Å². The van der Waals surface area contributed by atoms with Gasteiger partial charge in [0.05, 0.1) is 27.8 Å². The molecule has 3 heterocycles. The van der Waals surface area contributed by atoms with Crippen molar-refractivity contribution < 1.29 is 4.42 Å². The number of hydrogen-bond acceptors (Lipinski definition) is 1. The fraction of sp³-hybridized carbons (Fsp3) is 0. The summed E-state index contributed by atoms with van der Waals surface area (Å²) in [4.78, 5) is 0. The van der Waals surface area contributed by atoms with E-state index in [0.717, 1.165) is 50.0 Å². The minimum absolute atomic E-state index is 0.905. The molecule has 0 spiro atoms. The smallest absolute Gasteiger partial charge is 0.179 e. The van der Waals surface area contributed by atoms with E-state index in [1.54, 1.807) is 0 Å². The van der Waals surface area contributed by atoms with Gasteiger partial charge in [0.15, 0.2) is 8.07 Å². The highest BCUT2D eigenvalue weighted by Gasteiger charge is 2.41. The Labute approximate surface area is 371 Å². The van der Waals surface area contributed by atoms with Gasteiger partial charge in [-0.25, -0.2) is 0 Å². The largest absolute Gasteiger partial charge is 0.455 e. The van der Waals surface area contributed by atoms with Crippen LogP contribution in [-0.2, 0) is 0 Å². The molecule has 0 aliphatic carbocycles. The minimum atomic E-state index is -2.68. The molecule has 0 bridgehead atoms. The predicted octanol–water partition coefficient (Wildman–Crippen LogP) is 12.8. The van der Waals surface area contributed by atoms with E-state index in [2.05, 4.69) is 246 Å². The number of rotatable bonds is 7. The Kier molecular flexibility index (Phi) is 8.23. The first-order chi connectivity index (χ1) is 31.8. The molecule has 13 aromatic rings. The average Bonchev–Trinajstić information content (AvgIpc) is 4.04. The zero-order valence-electron chi connectivity index (χ0n) is 34.9. The SMILES string of the molecule is c1ccc([Si](c2ccccc2)(c2ccccc2)c2ccc(-n3c4ccccc4c4c(-n5c6ccccc6c6c(-c7cccc8c7oc7ccccc78)cccc65)cccc43)cc2)cc1. The van der Waals surface area contributed by atoms with E-state index in [9.17, 15) is 0 Å². The van der Waals surface area contributed by atoms with Gasteiger partial charge >= 0.3 is 0 Å². The van der Waals surface area contributed by atoms with E-state index >= 15 is 0 Å². The first kappa shape index (κ1) is 36.5. The van der Waals surface area contributed by atoms with Crippen molar-refractivity contribution in [3.8, 4) is 22.5 Å². The van der Waals surface area contributed by atoms with Crippen LogP contribution in [0.15, 0.2) is 247 Å². The highest BCUT2D eigenvalue weighted by atomic mass is 28.3. The van der Waals surface area contributed by atoms with Crippen LogP contribution in [-0.4, -0.2) is 17.2 Å². The van der Waals surface area contributed by atoms with Crippen LogP contribution >= 0.6 is 0 Å². The molecular weight excluding hydrogens is 793 g/mol. The van der Waals surface area contributed by atoms with E-state index in [-0.39, 0.29) is 0 Å². The standard InChI is InChI=1S/C60H40N2OSi/c1-4-19-42(20-5-1)64(43-21-6-2-7-22-43,44-23-8-3-9-24-44)45-39-37-41(38-40-45)61-52-31-13-11-27-51(52)59-55(61)34-18-35-56(59)62-53-32-14-10-26-50(53)58-47(28-17-33-54(58)62)49-30-16-29-48-46-25-12-15-36-57(46)63-60(48)49/h1-40H. The Hall–Kier alpha value is -8.18. The fourth-order valence-corrected chi connectivity index (χ4v) is 15.6. The van der Waals surface area contributed by atoms with Gasteiger partial charge < -0.3 is 13.6 Å². The molecule has 3 nitrogen and oxygen atoms in total. The lowest BCUT2D eigenvalue weighted by molar-refractivity contribution is 0.670. The predicted molar refractivity (Wildman–Crippen MR) is 271 cm³/mol. The lowest BCUT2D eigenvalue weighted by atomic mass is 9.97. The summed E-state index contributed by atoms with van der Waals surface area (Å²) in [5.41, 5.74) is 11.0. The van der Waals surface area contributed by atoms with Gasteiger partial charge in [-0.1, -0.05) is 194 Å². The third-order valence-corrected chi connectivity index (χ3v) is 18.3. The second-order valence-corrected chi connectivity index (χ2v) is 20.6. The van der Waals surface area contributed by atoms with Crippen molar-refractivity contribution in [2.45, 2.75) is 0 Å². The number of para-hydroxylation sites is 4. The van der Waals surface area contributed by atoms with E-state index in [0.29, 0.717) is 0 Å². The van der Waals surface area contributed by atoms with Crippen LogP contribution < -0.4 is 20.7 Å². The first-order valence-corrected chi connectivity index (χ1v) is 24.0. The highest BCUT2D eigenvalue weighted by Crippen LogP contribution is 2.44. The van der Waals surface area contributed by atoms with E-state index in [1.807, 2.05) is 6.07 Å². The molecule has 0 atom stereocenters. The molecule has 0 aliphatic rings. The van der Waals surface area contributed by atoms with Gasteiger partial charge in [0.1, 0.15) is 11.2 Å². The van der Waals surface area contributed by atoms with Gasteiger partial charge in [-0.3, -0.25) is 0 Å². The maximum atomic E-state index is 6.63. The van der Waals surface area contributed by atoms with Crippen molar-refractivity contribution in [3.05, 3.63) is 243 Å². The maximum absolute atomic E-state index is 6.63. The van der Waals surface area contributed by atoms with Crippen molar-refractivity contribution in [1.29, 1.82) is 0 Å². The molecule has 4 heteroatoms. The molecule has 0 amide bonds. The van der Waals surface area contributed by atoms with Gasteiger partial charge in [-0.15, -0.1) is 0 Å². The third kappa shape index (κ3) is 5.27. The number of aromatic nitrogens is 2. The van der Waals surface area contributed by atoms with Gasteiger partial charge in [0.25, 0.3) is 0 Å². The Morgan fingerprint density at radius 3 is 1.41 bits per heavy atom. The second-order valence-electron chi connectivity index (χ2n) is 16.8. The quantitative estimate of drug-likeness (QED) is 0.116. The van der Waals surface area contributed by atoms with Crippen molar-refractivity contribution in [2.75, 3.05) is 0 Å². The summed E-state index contributed by atoms with van der Waals surface area (Å²) >= 11 is 0. The van der Waals surface area contributed by atoms with E-state index in [4.69, 9.17) is 4.42 Å². The molecule has 0 saturated carbocycles. The summed E-state index contributed by atoms with van der Waals surface area (Å²) in [7, 11) is -2.68. The average molecular weight is 833 g/mol. The van der Waals surface area contributed by atoms with Crippen LogP contribution in [0.4, 0.5) is 0 Å². The van der Waals surface area contributed by atoms with Gasteiger partial charge in [0, 0.05) is 43.6 Å². The molecule has 0 aliphatic heterocycles. The molecule has 0 saturated heterocycles. The number of furan rings is 1. The normalized spacial score (nSPS) is 12.1. The van der Waals surface area contributed by atoms with Crippen LogP contribution in [0.5, 0.6) is 0 Å². The number of fused-ring (bicyclic) bond motifs is 9. The number of hydrogen-bond donors (Lipinski definition) is 0. The fourth-order valence-electron chi connectivity index (χ4n) is 10.9. The van der Waals surface area contributed by atoms with Gasteiger partial charge in [0.2, 0.25) is 0 Å². The summed E-state index contributed by atoms with van der Waals surface area (Å²) in [5.74, 6) is 0. The Bertz CT molecular complexity index is 3790. The molecular formula is C60H40N2OSi. The first-order valence-electron chi connectivity index (χ1n) is 22.0. The number of nitrogens with zero attached hydrogens (tertiary/aromatic N) is 2. The molecule has 3 aromatic heterocycles. The zero-order chi connectivity index (χ0) is 42.2. The molecule has 0 N–H and O–H groups in total. The monoisotopic (exact) mass is 832 g/mol. The van der Waals surface area contributed by atoms with Crippen molar-refractivity contribution in [3.63, 3.8) is 0 Å². The van der Waals surface area contributed by atoms with Crippen LogP contribution in [0.25, 0.3) is 88.1 Å².